The van der Waals surface area contributed by atoms with Crippen LogP contribution < -0.4 is 9.47 Å². The Balaban J connectivity index is 2.03. The molecule has 0 saturated carbocycles. The van der Waals surface area contributed by atoms with Crippen LogP contribution in [0.1, 0.15) is 6.92 Å². The van der Waals surface area contributed by atoms with Gasteiger partial charge >= 0.3 is 5.97 Å². The maximum Gasteiger partial charge on any atom is 0.339 e. The van der Waals surface area contributed by atoms with Crippen LogP contribution >= 0.6 is 0 Å². The molecule has 2 aromatic rings. The van der Waals surface area contributed by atoms with Crippen LogP contribution in [0.5, 0.6) is 17.2 Å². The predicted molar refractivity (Wildman–Crippen MR) is 76.7 cm³/mol. The van der Waals surface area contributed by atoms with Crippen LogP contribution in [0.2, 0.25) is 0 Å². The van der Waals surface area contributed by atoms with Gasteiger partial charge in [-0.2, -0.15) is 0 Å². The fourth-order valence-corrected chi connectivity index (χ4v) is 1.54. The van der Waals surface area contributed by atoms with E-state index in [1.54, 1.807) is 24.3 Å². The van der Waals surface area contributed by atoms with Gasteiger partial charge in [-0.1, -0.05) is 24.3 Å². The lowest BCUT2D eigenvalue weighted by molar-refractivity contribution is -0.159. The molecule has 0 aliphatic carbocycles. The molecule has 0 saturated heterocycles. The Morgan fingerprint density at radius 3 is 2.33 bits per heavy atom. The summed E-state index contributed by atoms with van der Waals surface area (Å²) in [5.74, 6) is 0.338. The fourth-order valence-electron chi connectivity index (χ4n) is 1.54. The molecular weight excluding hydrogens is 272 g/mol. The quantitative estimate of drug-likeness (QED) is 0.854. The average molecular weight is 288 g/mol. The van der Waals surface area contributed by atoms with Gasteiger partial charge in [0.1, 0.15) is 23.9 Å². The number of para-hydroxylation sites is 1. The highest BCUT2D eigenvalue weighted by Crippen LogP contribution is 2.25. The first kappa shape index (κ1) is 14.9. The van der Waals surface area contributed by atoms with Crippen LogP contribution in [0.3, 0.4) is 0 Å². The highest BCUT2D eigenvalue weighted by molar-refractivity contribution is 5.76. The van der Waals surface area contributed by atoms with Crippen LogP contribution in [-0.2, 0) is 4.79 Å². The summed E-state index contributed by atoms with van der Waals surface area (Å²) < 4.78 is 10.9. The lowest BCUT2D eigenvalue weighted by atomic mass is 10.1. The minimum absolute atomic E-state index is 0.350. The van der Waals surface area contributed by atoms with Crippen molar-refractivity contribution < 1.29 is 24.5 Å². The molecule has 0 radical (unpaired) electrons. The van der Waals surface area contributed by atoms with E-state index in [1.807, 2.05) is 30.3 Å². The van der Waals surface area contributed by atoms with Crippen molar-refractivity contribution >= 4 is 5.97 Å². The van der Waals surface area contributed by atoms with Gasteiger partial charge in [0.2, 0.25) is 0 Å². The summed E-state index contributed by atoms with van der Waals surface area (Å²) in [6.07, 6.45) is 0. The van der Waals surface area contributed by atoms with Crippen molar-refractivity contribution in [3.8, 4) is 17.2 Å². The minimum Gasteiger partial charge on any atom is -0.490 e. The molecule has 0 aliphatic heterocycles. The Morgan fingerprint density at radius 1 is 1.05 bits per heavy atom. The van der Waals surface area contributed by atoms with E-state index in [9.17, 15) is 9.90 Å². The Kier molecular flexibility index (Phi) is 4.45. The van der Waals surface area contributed by atoms with Crippen molar-refractivity contribution in [2.24, 2.45) is 0 Å². The molecule has 0 fully saturated rings. The van der Waals surface area contributed by atoms with Crippen molar-refractivity contribution in [3.05, 3.63) is 54.6 Å². The Bertz CT molecular complexity index is 607. The topological polar surface area (TPSA) is 76.0 Å². The minimum atomic E-state index is -1.93. The number of aliphatic carboxylic acids is 1. The molecule has 1 unspecified atom stereocenters. The number of carbonyl (C=O) groups is 1. The molecule has 2 N–H and O–H groups in total. The fraction of sp³-hybridized carbons (Fsp3) is 0.188. The van der Waals surface area contributed by atoms with E-state index in [1.165, 1.54) is 6.92 Å². The number of aliphatic hydroxyl groups is 1. The maximum absolute atomic E-state index is 10.8. The second-order valence-corrected chi connectivity index (χ2v) is 4.76. The smallest absolute Gasteiger partial charge is 0.339 e. The van der Waals surface area contributed by atoms with Gasteiger partial charge in [-0.15, -0.1) is 0 Å². The Labute approximate surface area is 122 Å². The van der Waals surface area contributed by atoms with Crippen molar-refractivity contribution in [1.29, 1.82) is 0 Å². The monoisotopic (exact) mass is 288 g/mol. The second kappa shape index (κ2) is 6.28. The molecule has 0 aromatic heterocycles. The lowest BCUT2D eigenvalue weighted by Gasteiger charge is -2.18. The summed E-state index contributed by atoms with van der Waals surface area (Å²) in [5, 5.41) is 18.4. The van der Waals surface area contributed by atoms with E-state index in [0.717, 1.165) is 0 Å². The van der Waals surface area contributed by atoms with E-state index in [2.05, 4.69) is 0 Å². The number of carboxylic acid groups (broad SMARTS) is 1. The van der Waals surface area contributed by atoms with Crippen molar-refractivity contribution in [2.45, 2.75) is 12.5 Å². The number of hydrogen-bond acceptors (Lipinski definition) is 4. The van der Waals surface area contributed by atoms with Gasteiger partial charge in [0.05, 0.1) is 0 Å². The summed E-state index contributed by atoms with van der Waals surface area (Å²) >= 11 is 0. The van der Waals surface area contributed by atoms with Gasteiger partial charge in [-0.25, -0.2) is 4.79 Å². The number of hydrogen-bond donors (Lipinski definition) is 2. The molecule has 0 spiro atoms. The van der Waals surface area contributed by atoms with Gasteiger partial charge in [-0.3, -0.25) is 0 Å². The van der Waals surface area contributed by atoms with Gasteiger partial charge in [0.25, 0.3) is 0 Å². The number of benzene rings is 2. The third-order valence-electron chi connectivity index (χ3n) is 2.77. The highest BCUT2D eigenvalue weighted by Gasteiger charge is 2.30. The number of carboxylic acids is 1. The Morgan fingerprint density at radius 2 is 1.67 bits per heavy atom. The van der Waals surface area contributed by atoms with Gasteiger partial charge in [0.15, 0.2) is 5.60 Å². The van der Waals surface area contributed by atoms with E-state index >= 15 is 0 Å². The summed E-state index contributed by atoms with van der Waals surface area (Å²) in [6.45, 7) is 0.830. The zero-order chi connectivity index (χ0) is 15.3. The molecule has 2 aromatic carbocycles. The molecule has 5 nitrogen and oxygen atoms in total. The van der Waals surface area contributed by atoms with Crippen LogP contribution in [-0.4, -0.2) is 28.4 Å². The summed E-state index contributed by atoms with van der Waals surface area (Å²) in [5.41, 5.74) is -1.93. The first-order valence-corrected chi connectivity index (χ1v) is 6.39. The second-order valence-electron chi connectivity index (χ2n) is 4.76. The predicted octanol–water partition coefficient (Wildman–Crippen LogP) is 2.69. The first-order chi connectivity index (χ1) is 9.97. The summed E-state index contributed by atoms with van der Waals surface area (Å²) in [6, 6.07) is 16.0. The summed E-state index contributed by atoms with van der Waals surface area (Å²) in [4.78, 5) is 10.8. The molecule has 5 heteroatoms. The van der Waals surface area contributed by atoms with Crippen molar-refractivity contribution in [2.75, 3.05) is 6.61 Å². The summed E-state index contributed by atoms with van der Waals surface area (Å²) in [7, 11) is 0. The SMILES string of the molecule is CC(O)(COc1cccc(Oc2ccccc2)c1)C(=O)O. The third-order valence-corrected chi connectivity index (χ3v) is 2.77. The normalized spacial score (nSPS) is 13.2. The molecule has 0 aliphatic rings. The van der Waals surface area contributed by atoms with Gasteiger partial charge in [-0.05, 0) is 31.2 Å². The van der Waals surface area contributed by atoms with Crippen molar-refractivity contribution in [1.82, 2.24) is 0 Å². The van der Waals surface area contributed by atoms with E-state index in [4.69, 9.17) is 14.6 Å². The molecule has 0 bridgehead atoms. The molecule has 110 valence electrons. The largest absolute Gasteiger partial charge is 0.490 e. The number of rotatable bonds is 6. The Hall–Kier alpha value is -2.53. The van der Waals surface area contributed by atoms with E-state index < -0.39 is 11.6 Å². The standard InChI is InChI=1S/C16H16O5/c1-16(19,15(17)18)11-20-13-8-5-9-14(10-13)21-12-6-3-2-4-7-12/h2-10,19H,11H2,1H3,(H,17,18). The zero-order valence-electron chi connectivity index (χ0n) is 11.5. The van der Waals surface area contributed by atoms with Crippen molar-refractivity contribution in [3.63, 3.8) is 0 Å². The van der Waals surface area contributed by atoms with Crippen LogP contribution in [0.25, 0.3) is 0 Å². The van der Waals surface area contributed by atoms with Crippen LogP contribution in [0, 0.1) is 0 Å². The molecule has 0 heterocycles. The van der Waals surface area contributed by atoms with Crippen LogP contribution in [0.4, 0.5) is 0 Å². The zero-order valence-corrected chi connectivity index (χ0v) is 11.5. The van der Waals surface area contributed by atoms with Gasteiger partial charge < -0.3 is 19.7 Å². The lowest BCUT2D eigenvalue weighted by Crippen LogP contribution is -2.41. The number of ether oxygens (including phenoxy) is 2. The molecule has 21 heavy (non-hydrogen) atoms. The average Bonchev–Trinajstić information content (AvgIpc) is 2.47. The highest BCUT2D eigenvalue weighted by atomic mass is 16.5. The first-order valence-electron chi connectivity index (χ1n) is 6.39. The van der Waals surface area contributed by atoms with Crippen LogP contribution in [0.15, 0.2) is 54.6 Å². The van der Waals surface area contributed by atoms with Gasteiger partial charge in [0, 0.05) is 6.07 Å². The van der Waals surface area contributed by atoms with E-state index in [-0.39, 0.29) is 6.61 Å². The molecular formula is C16H16O5. The molecule has 2 rings (SSSR count). The molecule has 1 atom stereocenters. The molecule has 0 amide bonds. The van der Waals surface area contributed by atoms with E-state index in [0.29, 0.717) is 17.2 Å². The maximum atomic E-state index is 10.8. The third kappa shape index (κ3) is 4.22.